The third-order valence-electron chi connectivity index (χ3n) is 4.02. The molecule has 0 spiro atoms. The fraction of sp³-hybridized carbons (Fsp3) is 0.571. The van der Waals surface area contributed by atoms with E-state index in [0.717, 1.165) is 18.2 Å². The van der Waals surface area contributed by atoms with Crippen LogP contribution in [0.3, 0.4) is 0 Å². The molecule has 0 saturated carbocycles. The summed E-state index contributed by atoms with van der Waals surface area (Å²) in [6.07, 6.45) is -3.02. The van der Waals surface area contributed by atoms with E-state index < -0.39 is 23.6 Å². The first kappa shape index (κ1) is 17.5. The fourth-order valence-electron chi connectivity index (χ4n) is 2.73. The van der Waals surface area contributed by atoms with E-state index in [0.29, 0.717) is 0 Å². The first-order valence-corrected chi connectivity index (χ1v) is 6.97. The Morgan fingerprint density at radius 2 is 2.09 bits per heavy atom. The minimum atomic E-state index is -3.02. The van der Waals surface area contributed by atoms with Crippen molar-refractivity contribution in [2.24, 2.45) is 0 Å². The molecule has 2 rings (SSSR count). The van der Waals surface area contributed by atoms with Crippen LogP contribution in [0.25, 0.3) is 0 Å². The summed E-state index contributed by atoms with van der Waals surface area (Å²) in [6, 6.07) is 3.32. The zero-order valence-electron chi connectivity index (χ0n) is 12.5. The molecule has 1 atom stereocenters. The lowest BCUT2D eigenvalue weighted by Gasteiger charge is -2.43. The molecule has 0 bridgehead atoms. The summed E-state index contributed by atoms with van der Waals surface area (Å²) in [4.78, 5) is 11.6. The van der Waals surface area contributed by atoms with Gasteiger partial charge in [-0.1, -0.05) is 0 Å². The third-order valence-corrected chi connectivity index (χ3v) is 4.02. The van der Waals surface area contributed by atoms with Crippen LogP contribution in [0.1, 0.15) is 5.56 Å². The average molecular weight is 334 g/mol. The van der Waals surface area contributed by atoms with E-state index >= 15 is 0 Å². The normalized spacial score (nSPS) is 18.7. The number of halogens is 3. The highest BCUT2D eigenvalue weighted by Crippen LogP contribution is 2.40. The van der Waals surface area contributed by atoms with E-state index in [1.54, 1.807) is 0 Å². The van der Waals surface area contributed by atoms with Crippen molar-refractivity contribution in [3.8, 4) is 5.75 Å². The van der Waals surface area contributed by atoms with Gasteiger partial charge in [0, 0.05) is 19.2 Å². The molecule has 1 fully saturated rings. The Labute approximate surface area is 130 Å². The number of hydrogen-bond acceptors (Lipinski definition) is 5. The molecular formula is C14H17F3N2O4. The molecule has 9 heteroatoms. The molecule has 0 aliphatic carbocycles. The van der Waals surface area contributed by atoms with Gasteiger partial charge in [-0.25, -0.2) is 13.2 Å². The van der Waals surface area contributed by atoms with Gasteiger partial charge in [-0.3, -0.25) is 15.0 Å². The maximum Gasteiger partial charge on any atom is 0.310 e. The highest BCUT2D eigenvalue weighted by molar-refractivity contribution is 5.50. The Balaban J connectivity index is 2.53. The fourth-order valence-corrected chi connectivity index (χ4v) is 2.73. The zero-order valence-corrected chi connectivity index (χ0v) is 12.5. The van der Waals surface area contributed by atoms with Gasteiger partial charge in [0.15, 0.2) is 5.75 Å². The molecule has 6 nitrogen and oxygen atoms in total. The van der Waals surface area contributed by atoms with E-state index in [-0.39, 0.29) is 43.3 Å². The van der Waals surface area contributed by atoms with E-state index in [9.17, 15) is 23.3 Å². The Hall–Kier alpha value is -1.87. The number of nitro groups is 1. The molecule has 0 N–H and O–H groups in total. The summed E-state index contributed by atoms with van der Waals surface area (Å²) < 4.78 is 51.5. The highest BCUT2D eigenvalue weighted by Gasteiger charge is 2.48. The first-order valence-electron chi connectivity index (χ1n) is 6.97. The van der Waals surface area contributed by atoms with Gasteiger partial charge in [0.05, 0.1) is 25.2 Å². The average Bonchev–Trinajstić information content (AvgIpc) is 2.56. The summed E-state index contributed by atoms with van der Waals surface area (Å²) in [5.41, 5.74) is -2.59. The van der Waals surface area contributed by atoms with Crippen LogP contribution < -0.4 is 4.74 Å². The second-order valence-electron chi connectivity index (χ2n) is 5.10. The Bertz CT molecular complexity index is 567. The molecule has 0 aromatic heterocycles. The van der Waals surface area contributed by atoms with Crippen LogP contribution in [0.15, 0.2) is 18.2 Å². The van der Waals surface area contributed by atoms with Crippen molar-refractivity contribution in [3.05, 3.63) is 33.9 Å². The Morgan fingerprint density at radius 1 is 1.43 bits per heavy atom. The monoisotopic (exact) mass is 334 g/mol. The first-order chi connectivity index (χ1) is 11.0. The van der Waals surface area contributed by atoms with Crippen LogP contribution in [-0.2, 0) is 10.3 Å². The van der Waals surface area contributed by atoms with Crippen molar-refractivity contribution in [1.82, 2.24) is 4.90 Å². The molecule has 1 aromatic carbocycles. The predicted molar refractivity (Wildman–Crippen MR) is 75.7 cm³/mol. The second-order valence-corrected chi connectivity index (χ2v) is 5.10. The highest BCUT2D eigenvalue weighted by atomic mass is 19.3. The number of nitrogens with zero attached hydrogens (tertiary/aromatic N) is 2. The Morgan fingerprint density at radius 3 is 2.57 bits per heavy atom. The van der Waals surface area contributed by atoms with E-state index in [1.165, 1.54) is 12.0 Å². The van der Waals surface area contributed by atoms with Crippen LogP contribution in [-0.4, -0.2) is 56.3 Å². The summed E-state index contributed by atoms with van der Waals surface area (Å²) in [5, 5.41) is 10.9. The van der Waals surface area contributed by atoms with E-state index in [1.807, 2.05) is 0 Å². The van der Waals surface area contributed by atoms with Gasteiger partial charge in [-0.05, 0) is 17.7 Å². The van der Waals surface area contributed by atoms with Crippen LogP contribution in [0, 0.1) is 10.1 Å². The van der Waals surface area contributed by atoms with Crippen LogP contribution in [0.2, 0.25) is 0 Å². The van der Waals surface area contributed by atoms with Crippen molar-refractivity contribution in [2.45, 2.75) is 12.0 Å². The third kappa shape index (κ3) is 3.11. The lowest BCUT2D eigenvalue weighted by molar-refractivity contribution is -0.385. The van der Waals surface area contributed by atoms with Crippen molar-refractivity contribution in [3.63, 3.8) is 0 Å². The number of hydrogen-bond donors (Lipinski definition) is 0. The number of rotatable bonds is 6. The van der Waals surface area contributed by atoms with Crippen molar-refractivity contribution in [2.75, 3.05) is 40.1 Å². The SMILES string of the molecule is COc1cc(C(CF)(C(F)F)N2CCOCC2)ccc1[N+](=O)[O-]. The maximum atomic E-state index is 13.8. The summed E-state index contributed by atoms with van der Waals surface area (Å²) >= 11 is 0. The van der Waals surface area contributed by atoms with Gasteiger partial charge in [-0.15, -0.1) is 0 Å². The van der Waals surface area contributed by atoms with Gasteiger partial charge in [0.2, 0.25) is 0 Å². The summed E-state index contributed by atoms with van der Waals surface area (Å²) in [5.74, 6) is -0.181. The number of morpholine rings is 1. The van der Waals surface area contributed by atoms with Crippen molar-refractivity contribution < 1.29 is 27.6 Å². The van der Waals surface area contributed by atoms with Crippen molar-refractivity contribution in [1.29, 1.82) is 0 Å². The number of nitro benzene ring substituents is 1. The number of ether oxygens (including phenoxy) is 2. The predicted octanol–water partition coefficient (Wildman–Crippen LogP) is 2.37. The van der Waals surface area contributed by atoms with Gasteiger partial charge in [0.25, 0.3) is 6.43 Å². The molecule has 1 aromatic rings. The van der Waals surface area contributed by atoms with E-state index in [2.05, 4.69) is 0 Å². The molecule has 128 valence electrons. The van der Waals surface area contributed by atoms with Gasteiger partial charge in [0.1, 0.15) is 12.2 Å². The van der Waals surface area contributed by atoms with Crippen LogP contribution >= 0.6 is 0 Å². The quantitative estimate of drug-likeness (QED) is 0.590. The molecule has 1 aliphatic rings. The topological polar surface area (TPSA) is 64.8 Å². The summed E-state index contributed by atoms with van der Waals surface area (Å²) in [7, 11) is 1.19. The molecule has 23 heavy (non-hydrogen) atoms. The van der Waals surface area contributed by atoms with Gasteiger partial charge >= 0.3 is 5.69 Å². The van der Waals surface area contributed by atoms with Crippen molar-refractivity contribution >= 4 is 5.69 Å². The number of alkyl halides is 3. The minimum Gasteiger partial charge on any atom is -0.490 e. The number of benzene rings is 1. The van der Waals surface area contributed by atoms with E-state index in [4.69, 9.17) is 9.47 Å². The standard InChI is InChI=1S/C14H17F3N2O4/c1-22-12-8-10(2-3-11(12)19(20)21)14(9-15,13(16)17)18-4-6-23-7-5-18/h2-3,8,13H,4-7,9H2,1H3. The second kappa shape index (κ2) is 7.14. The molecule has 1 aliphatic heterocycles. The molecular weight excluding hydrogens is 317 g/mol. The van der Waals surface area contributed by atoms with Crippen LogP contribution in [0.5, 0.6) is 5.75 Å². The maximum absolute atomic E-state index is 13.8. The molecule has 0 amide bonds. The summed E-state index contributed by atoms with van der Waals surface area (Å²) in [6.45, 7) is -0.593. The molecule has 1 saturated heterocycles. The Kier molecular flexibility index (Phi) is 5.42. The van der Waals surface area contributed by atoms with Crippen LogP contribution in [0.4, 0.5) is 18.9 Å². The lowest BCUT2D eigenvalue weighted by atomic mass is 9.88. The van der Waals surface area contributed by atoms with Gasteiger partial charge in [-0.2, -0.15) is 0 Å². The van der Waals surface area contributed by atoms with Gasteiger partial charge < -0.3 is 9.47 Å². The minimum absolute atomic E-state index is 0.0562. The zero-order chi connectivity index (χ0) is 17.0. The smallest absolute Gasteiger partial charge is 0.310 e. The largest absolute Gasteiger partial charge is 0.490 e. The molecule has 0 radical (unpaired) electrons. The number of methoxy groups -OCH3 is 1. The lowest BCUT2D eigenvalue weighted by Crippen LogP contribution is -2.57. The molecule has 1 heterocycles. The molecule has 1 unspecified atom stereocenters.